The number of hydrogen-bond donors (Lipinski definition) is 0. The predicted octanol–water partition coefficient (Wildman–Crippen LogP) is 3.91. The minimum atomic E-state index is -0.369. The van der Waals surface area contributed by atoms with Crippen LogP contribution in [0.5, 0.6) is 11.5 Å². The topological polar surface area (TPSA) is 44.8 Å². The van der Waals surface area contributed by atoms with Gasteiger partial charge in [-0.15, -0.1) is 0 Å². The lowest BCUT2D eigenvalue weighted by atomic mass is 10.1. The third-order valence-electron chi connectivity index (χ3n) is 3.35. The van der Waals surface area contributed by atoms with Gasteiger partial charge in [0.05, 0.1) is 20.1 Å². The van der Waals surface area contributed by atoms with E-state index in [0.29, 0.717) is 23.7 Å². The van der Waals surface area contributed by atoms with Crippen LogP contribution < -0.4 is 9.47 Å². The number of carbonyl (C=O) groups excluding carboxylic acids is 1. The van der Waals surface area contributed by atoms with Crippen LogP contribution in [0.3, 0.4) is 0 Å². The zero-order valence-electron chi connectivity index (χ0n) is 13.9. The minimum absolute atomic E-state index is 0.106. The van der Waals surface area contributed by atoms with Crippen LogP contribution in [0.15, 0.2) is 42.5 Å². The SMILES string of the molecule is CCCOc1ccc(COC(=O)Cc2ccc(F)cc2)cc1OC. The Labute approximate surface area is 141 Å². The van der Waals surface area contributed by atoms with Crippen molar-refractivity contribution in [3.05, 3.63) is 59.4 Å². The van der Waals surface area contributed by atoms with Crippen molar-refractivity contribution in [1.82, 2.24) is 0 Å². The summed E-state index contributed by atoms with van der Waals surface area (Å²) in [5.41, 5.74) is 1.52. The second kappa shape index (κ2) is 8.91. The van der Waals surface area contributed by atoms with E-state index in [1.807, 2.05) is 13.0 Å². The first-order valence-corrected chi connectivity index (χ1v) is 7.82. The second-order valence-electron chi connectivity index (χ2n) is 5.30. The maximum Gasteiger partial charge on any atom is 0.310 e. The molecule has 0 bridgehead atoms. The highest BCUT2D eigenvalue weighted by atomic mass is 19.1. The highest BCUT2D eigenvalue weighted by Gasteiger charge is 2.09. The van der Waals surface area contributed by atoms with Gasteiger partial charge in [0.15, 0.2) is 11.5 Å². The van der Waals surface area contributed by atoms with Crippen molar-refractivity contribution in [2.24, 2.45) is 0 Å². The first kappa shape index (κ1) is 17.8. The van der Waals surface area contributed by atoms with Gasteiger partial charge in [0.1, 0.15) is 12.4 Å². The average molecular weight is 332 g/mol. The molecular weight excluding hydrogens is 311 g/mol. The van der Waals surface area contributed by atoms with Gasteiger partial charge < -0.3 is 14.2 Å². The average Bonchev–Trinajstić information content (AvgIpc) is 2.60. The van der Waals surface area contributed by atoms with Gasteiger partial charge in [0.25, 0.3) is 0 Å². The third-order valence-corrected chi connectivity index (χ3v) is 3.35. The van der Waals surface area contributed by atoms with Crippen LogP contribution in [0.25, 0.3) is 0 Å². The van der Waals surface area contributed by atoms with E-state index in [1.165, 1.54) is 12.1 Å². The summed E-state index contributed by atoms with van der Waals surface area (Å²) in [4.78, 5) is 11.9. The number of methoxy groups -OCH3 is 1. The minimum Gasteiger partial charge on any atom is -0.493 e. The quantitative estimate of drug-likeness (QED) is 0.688. The number of halogens is 1. The van der Waals surface area contributed by atoms with E-state index >= 15 is 0 Å². The number of esters is 1. The maximum atomic E-state index is 12.8. The van der Waals surface area contributed by atoms with Gasteiger partial charge in [-0.05, 0) is 41.8 Å². The van der Waals surface area contributed by atoms with Gasteiger partial charge in [-0.1, -0.05) is 25.1 Å². The molecule has 0 radical (unpaired) electrons. The number of ether oxygens (including phenoxy) is 3. The van der Waals surface area contributed by atoms with Crippen molar-refractivity contribution >= 4 is 5.97 Å². The smallest absolute Gasteiger partial charge is 0.310 e. The fourth-order valence-corrected chi connectivity index (χ4v) is 2.12. The summed E-state index contributed by atoms with van der Waals surface area (Å²) in [5.74, 6) is 0.577. The zero-order valence-corrected chi connectivity index (χ0v) is 13.9. The van der Waals surface area contributed by atoms with Crippen molar-refractivity contribution in [2.75, 3.05) is 13.7 Å². The molecule has 0 aliphatic heterocycles. The van der Waals surface area contributed by atoms with Crippen LogP contribution in [-0.2, 0) is 22.6 Å². The molecule has 2 aromatic carbocycles. The fraction of sp³-hybridized carbons (Fsp3) is 0.316. The summed E-state index contributed by atoms with van der Waals surface area (Å²) in [6.45, 7) is 2.79. The van der Waals surface area contributed by atoms with E-state index in [4.69, 9.17) is 14.2 Å². The summed E-state index contributed by atoms with van der Waals surface area (Å²) in [7, 11) is 1.57. The molecule has 0 atom stereocenters. The number of rotatable bonds is 8. The summed E-state index contributed by atoms with van der Waals surface area (Å²) in [5, 5.41) is 0. The molecule has 0 aliphatic carbocycles. The standard InChI is InChI=1S/C19H21FO4/c1-3-10-23-17-9-6-15(11-18(17)22-2)13-24-19(21)12-14-4-7-16(20)8-5-14/h4-9,11H,3,10,12-13H2,1-2H3. The molecule has 0 saturated carbocycles. The first-order valence-electron chi connectivity index (χ1n) is 7.82. The molecular formula is C19H21FO4. The van der Waals surface area contributed by atoms with Crippen molar-refractivity contribution in [1.29, 1.82) is 0 Å². The van der Waals surface area contributed by atoms with Crippen molar-refractivity contribution < 1.29 is 23.4 Å². The molecule has 0 heterocycles. The molecule has 0 spiro atoms. The van der Waals surface area contributed by atoms with Gasteiger partial charge in [-0.25, -0.2) is 4.39 Å². The van der Waals surface area contributed by atoms with Crippen LogP contribution in [-0.4, -0.2) is 19.7 Å². The molecule has 128 valence electrons. The molecule has 4 nitrogen and oxygen atoms in total. The molecule has 0 amide bonds. The lowest BCUT2D eigenvalue weighted by Crippen LogP contribution is -2.08. The van der Waals surface area contributed by atoms with E-state index in [1.54, 1.807) is 31.4 Å². The second-order valence-corrected chi connectivity index (χ2v) is 5.30. The van der Waals surface area contributed by atoms with E-state index in [0.717, 1.165) is 12.0 Å². The van der Waals surface area contributed by atoms with E-state index < -0.39 is 0 Å². The van der Waals surface area contributed by atoms with Gasteiger partial charge in [0.2, 0.25) is 0 Å². The Kier molecular flexibility index (Phi) is 6.61. The molecule has 0 unspecified atom stereocenters. The molecule has 0 fully saturated rings. The number of benzene rings is 2. The van der Waals surface area contributed by atoms with Crippen molar-refractivity contribution in [2.45, 2.75) is 26.4 Å². The Bertz CT molecular complexity index is 668. The predicted molar refractivity (Wildman–Crippen MR) is 88.7 cm³/mol. The highest BCUT2D eigenvalue weighted by molar-refractivity contribution is 5.72. The molecule has 0 aliphatic rings. The van der Waals surface area contributed by atoms with Gasteiger partial charge in [-0.3, -0.25) is 4.79 Å². The van der Waals surface area contributed by atoms with Gasteiger partial charge >= 0.3 is 5.97 Å². The Morgan fingerprint density at radius 3 is 2.42 bits per heavy atom. The Hall–Kier alpha value is -2.56. The van der Waals surface area contributed by atoms with Crippen molar-refractivity contribution in [3.8, 4) is 11.5 Å². The van der Waals surface area contributed by atoms with Crippen LogP contribution in [0.1, 0.15) is 24.5 Å². The van der Waals surface area contributed by atoms with E-state index in [2.05, 4.69) is 0 Å². The summed E-state index contributed by atoms with van der Waals surface area (Å²) in [6.07, 6.45) is 1.01. The van der Waals surface area contributed by atoms with Crippen LogP contribution >= 0.6 is 0 Å². The summed E-state index contributed by atoms with van der Waals surface area (Å²) < 4.78 is 29.0. The lowest BCUT2D eigenvalue weighted by Gasteiger charge is -2.12. The molecule has 0 N–H and O–H groups in total. The molecule has 0 aromatic heterocycles. The molecule has 2 aromatic rings. The lowest BCUT2D eigenvalue weighted by molar-refractivity contribution is -0.144. The van der Waals surface area contributed by atoms with Crippen LogP contribution in [0.2, 0.25) is 0 Å². The number of carbonyl (C=O) groups is 1. The molecule has 24 heavy (non-hydrogen) atoms. The van der Waals surface area contributed by atoms with E-state index in [9.17, 15) is 9.18 Å². The summed E-state index contributed by atoms with van der Waals surface area (Å²) >= 11 is 0. The fourth-order valence-electron chi connectivity index (χ4n) is 2.12. The maximum absolute atomic E-state index is 12.8. The third kappa shape index (κ3) is 5.26. The summed E-state index contributed by atoms with van der Waals surface area (Å²) in [6, 6.07) is 11.2. The number of hydrogen-bond acceptors (Lipinski definition) is 4. The van der Waals surface area contributed by atoms with Crippen molar-refractivity contribution in [3.63, 3.8) is 0 Å². The van der Waals surface area contributed by atoms with Gasteiger partial charge in [-0.2, -0.15) is 0 Å². The van der Waals surface area contributed by atoms with Crippen LogP contribution in [0, 0.1) is 5.82 Å². The first-order chi connectivity index (χ1) is 11.6. The molecule has 2 rings (SSSR count). The van der Waals surface area contributed by atoms with E-state index in [-0.39, 0.29) is 24.8 Å². The Morgan fingerprint density at radius 2 is 1.75 bits per heavy atom. The highest BCUT2D eigenvalue weighted by Crippen LogP contribution is 2.28. The monoisotopic (exact) mass is 332 g/mol. The zero-order chi connectivity index (χ0) is 17.4. The largest absolute Gasteiger partial charge is 0.493 e. The molecule has 0 saturated heterocycles. The van der Waals surface area contributed by atoms with Gasteiger partial charge in [0, 0.05) is 0 Å². The van der Waals surface area contributed by atoms with Crippen LogP contribution in [0.4, 0.5) is 4.39 Å². The Balaban J connectivity index is 1.91. The molecule has 5 heteroatoms. The normalized spacial score (nSPS) is 10.3. The Morgan fingerprint density at radius 1 is 1.04 bits per heavy atom.